The Kier molecular flexibility index (Phi) is 4.73. The standard InChI is InChI=1S/C16H19Cl2NO3/c1-10(2)11-4-6-12(7-5-11)19-13(20)8-22-14(21)15(3)9-16(15,17)18/h4-7,10H,8-9H2,1-3H3,(H,19,20). The van der Waals surface area contributed by atoms with Crippen LogP contribution >= 0.6 is 23.2 Å². The molecule has 0 spiro atoms. The molecule has 0 heterocycles. The lowest BCUT2D eigenvalue weighted by Gasteiger charge is -2.12. The van der Waals surface area contributed by atoms with Gasteiger partial charge in [-0.3, -0.25) is 9.59 Å². The van der Waals surface area contributed by atoms with Crippen molar-refractivity contribution in [3.63, 3.8) is 0 Å². The largest absolute Gasteiger partial charge is 0.455 e. The molecule has 1 aromatic rings. The molecule has 120 valence electrons. The number of rotatable bonds is 5. The predicted octanol–water partition coefficient (Wildman–Crippen LogP) is 3.88. The molecular weight excluding hydrogens is 325 g/mol. The molecule has 1 atom stereocenters. The van der Waals surface area contributed by atoms with E-state index in [9.17, 15) is 9.59 Å². The van der Waals surface area contributed by atoms with E-state index in [2.05, 4.69) is 19.2 Å². The Bertz CT molecular complexity index is 584. The molecule has 1 N–H and O–H groups in total. The lowest BCUT2D eigenvalue weighted by atomic mass is 10.0. The Balaban J connectivity index is 1.82. The molecule has 0 saturated heterocycles. The molecule has 0 aromatic heterocycles. The number of halogens is 2. The maximum Gasteiger partial charge on any atom is 0.315 e. The van der Waals surface area contributed by atoms with E-state index in [1.807, 2.05) is 24.3 Å². The summed E-state index contributed by atoms with van der Waals surface area (Å²) in [6.45, 7) is 5.46. The third-order valence-corrected chi connectivity index (χ3v) is 5.01. The van der Waals surface area contributed by atoms with E-state index < -0.39 is 21.6 Å². The van der Waals surface area contributed by atoms with Gasteiger partial charge in [0, 0.05) is 12.1 Å². The van der Waals surface area contributed by atoms with Crippen molar-refractivity contribution in [1.29, 1.82) is 0 Å². The molecule has 1 aliphatic carbocycles. The number of alkyl halides is 2. The molecule has 0 aliphatic heterocycles. The first-order valence-electron chi connectivity index (χ1n) is 7.10. The van der Waals surface area contributed by atoms with Gasteiger partial charge in [-0.25, -0.2) is 0 Å². The number of hydrogen-bond acceptors (Lipinski definition) is 3. The van der Waals surface area contributed by atoms with Crippen molar-refractivity contribution < 1.29 is 14.3 Å². The van der Waals surface area contributed by atoms with E-state index >= 15 is 0 Å². The van der Waals surface area contributed by atoms with Gasteiger partial charge in [0.05, 0.1) is 0 Å². The van der Waals surface area contributed by atoms with Gasteiger partial charge in [0.1, 0.15) is 9.75 Å². The van der Waals surface area contributed by atoms with Crippen LogP contribution in [0.3, 0.4) is 0 Å². The van der Waals surface area contributed by atoms with Crippen molar-refractivity contribution in [2.45, 2.75) is 37.4 Å². The average Bonchev–Trinajstić information content (AvgIpc) is 2.97. The van der Waals surface area contributed by atoms with Gasteiger partial charge in [-0.15, -0.1) is 23.2 Å². The van der Waals surface area contributed by atoms with Crippen LogP contribution in [0.2, 0.25) is 0 Å². The molecule has 22 heavy (non-hydrogen) atoms. The topological polar surface area (TPSA) is 55.4 Å². The zero-order chi connectivity index (χ0) is 16.5. The minimum atomic E-state index is -1.09. The smallest absolute Gasteiger partial charge is 0.315 e. The van der Waals surface area contributed by atoms with Crippen LogP contribution in [0.1, 0.15) is 38.7 Å². The molecule has 2 rings (SSSR count). The number of anilines is 1. The number of carbonyl (C=O) groups is 2. The summed E-state index contributed by atoms with van der Waals surface area (Å²) in [7, 11) is 0. The molecule has 1 fully saturated rings. The van der Waals surface area contributed by atoms with Crippen molar-refractivity contribution in [2.75, 3.05) is 11.9 Å². The van der Waals surface area contributed by atoms with Crippen molar-refractivity contribution in [3.05, 3.63) is 29.8 Å². The third kappa shape index (κ3) is 3.55. The number of carbonyl (C=O) groups excluding carboxylic acids is 2. The van der Waals surface area contributed by atoms with E-state index in [1.54, 1.807) is 6.92 Å². The maximum absolute atomic E-state index is 11.8. The fourth-order valence-corrected chi connectivity index (χ4v) is 2.75. The van der Waals surface area contributed by atoms with E-state index in [0.717, 1.165) is 0 Å². The summed E-state index contributed by atoms with van der Waals surface area (Å²) in [5.41, 5.74) is 0.925. The van der Waals surface area contributed by atoms with Gasteiger partial charge < -0.3 is 10.1 Å². The molecule has 1 unspecified atom stereocenters. The number of ether oxygens (including phenoxy) is 1. The minimum Gasteiger partial charge on any atom is -0.455 e. The highest BCUT2D eigenvalue weighted by Gasteiger charge is 2.69. The summed E-state index contributed by atoms with van der Waals surface area (Å²) in [6.07, 6.45) is 0.334. The molecule has 0 bridgehead atoms. The first kappa shape index (κ1) is 17.1. The van der Waals surface area contributed by atoms with E-state index in [-0.39, 0.29) is 6.61 Å². The maximum atomic E-state index is 11.8. The van der Waals surface area contributed by atoms with Crippen molar-refractivity contribution in [3.8, 4) is 0 Å². The molecular formula is C16H19Cl2NO3. The van der Waals surface area contributed by atoms with E-state index in [1.165, 1.54) is 5.56 Å². The monoisotopic (exact) mass is 343 g/mol. The summed E-state index contributed by atoms with van der Waals surface area (Å²) >= 11 is 11.8. The van der Waals surface area contributed by atoms with Gasteiger partial charge in [-0.1, -0.05) is 26.0 Å². The highest BCUT2D eigenvalue weighted by atomic mass is 35.5. The normalized spacial score (nSPS) is 22.3. The molecule has 1 amide bonds. The zero-order valence-corrected chi connectivity index (χ0v) is 14.3. The van der Waals surface area contributed by atoms with Gasteiger partial charge in [-0.2, -0.15) is 0 Å². The van der Waals surface area contributed by atoms with Gasteiger partial charge in [-0.05, 0) is 30.5 Å². The number of amides is 1. The minimum absolute atomic E-state index is 0.334. The quantitative estimate of drug-likeness (QED) is 0.652. The van der Waals surface area contributed by atoms with Crippen LogP contribution in [-0.4, -0.2) is 22.8 Å². The molecule has 1 aliphatic rings. The van der Waals surface area contributed by atoms with Crippen molar-refractivity contribution >= 4 is 40.8 Å². The fraction of sp³-hybridized carbons (Fsp3) is 0.500. The Morgan fingerprint density at radius 2 is 1.82 bits per heavy atom. The molecule has 0 radical (unpaired) electrons. The van der Waals surface area contributed by atoms with E-state index in [0.29, 0.717) is 18.0 Å². The summed E-state index contributed by atoms with van der Waals surface area (Å²) in [5.74, 6) is -0.524. The lowest BCUT2D eigenvalue weighted by Crippen LogP contribution is -2.26. The van der Waals surface area contributed by atoms with Crippen LogP contribution in [0.4, 0.5) is 5.69 Å². The molecule has 4 nitrogen and oxygen atoms in total. The zero-order valence-electron chi connectivity index (χ0n) is 12.8. The number of hydrogen-bond donors (Lipinski definition) is 1. The molecule has 1 aromatic carbocycles. The van der Waals surface area contributed by atoms with E-state index in [4.69, 9.17) is 27.9 Å². The predicted molar refractivity (Wildman–Crippen MR) is 87.3 cm³/mol. The second kappa shape index (κ2) is 6.09. The lowest BCUT2D eigenvalue weighted by molar-refractivity contribution is -0.152. The summed E-state index contributed by atoms with van der Waals surface area (Å²) in [6, 6.07) is 7.54. The van der Waals surface area contributed by atoms with Gasteiger partial charge in [0.25, 0.3) is 5.91 Å². The van der Waals surface area contributed by atoms with Crippen LogP contribution in [0.5, 0.6) is 0 Å². The van der Waals surface area contributed by atoms with Gasteiger partial charge in [0.2, 0.25) is 0 Å². The Hall–Kier alpha value is -1.26. The van der Waals surface area contributed by atoms with Crippen LogP contribution in [0.15, 0.2) is 24.3 Å². The summed E-state index contributed by atoms with van der Waals surface area (Å²) in [5, 5.41) is 2.67. The summed E-state index contributed by atoms with van der Waals surface area (Å²) < 4.78 is 3.89. The highest BCUT2D eigenvalue weighted by molar-refractivity contribution is 6.53. The van der Waals surface area contributed by atoms with Crippen LogP contribution < -0.4 is 5.32 Å². The second-order valence-corrected chi connectivity index (χ2v) is 7.60. The Morgan fingerprint density at radius 3 is 2.27 bits per heavy atom. The van der Waals surface area contributed by atoms with Crippen molar-refractivity contribution in [2.24, 2.45) is 5.41 Å². The number of benzene rings is 1. The average molecular weight is 344 g/mol. The number of esters is 1. The van der Waals surface area contributed by atoms with Gasteiger partial charge >= 0.3 is 5.97 Å². The Morgan fingerprint density at radius 1 is 1.27 bits per heavy atom. The SMILES string of the molecule is CC(C)c1ccc(NC(=O)COC(=O)C2(C)CC2(Cl)Cl)cc1. The fourth-order valence-electron chi connectivity index (χ4n) is 2.06. The molecule has 1 saturated carbocycles. The second-order valence-electron chi connectivity index (χ2n) is 6.11. The first-order valence-corrected chi connectivity index (χ1v) is 7.86. The number of nitrogens with one attached hydrogen (secondary N) is 1. The van der Waals surface area contributed by atoms with Crippen LogP contribution in [0.25, 0.3) is 0 Å². The first-order chi connectivity index (χ1) is 10.2. The molecule has 6 heteroatoms. The van der Waals surface area contributed by atoms with Crippen LogP contribution in [0, 0.1) is 5.41 Å². The van der Waals surface area contributed by atoms with Crippen LogP contribution in [-0.2, 0) is 14.3 Å². The van der Waals surface area contributed by atoms with Gasteiger partial charge in [0.15, 0.2) is 6.61 Å². The van der Waals surface area contributed by atoms with Crippen molar-refractivity contribution in [1.82, 2.24) is 0 Å². The third-order valence-electron chi connectivity index (χ3n) is 3.90. The Labute approximate surface area is 140 Å². The summed E-state index contributed by atoms with van der Waals surface area (Å²) in [4.78, 5) is 23.6. The highest BCUT2D eigenvalue weighted by Crippen LogP contribution is 2.64.